The van der Waals surface area contributed by atoms with Crippen LogP contribution in [0.25, 0.3) is 10.9 Å². The van der Waals surface area contributed by atoms with Gasteiger partial charge in [0, 0.05) is 12.2 Å². The predicted molar refractivity (Wildman–Crippen MR) is 111 cm³/mol. The Hall–Kier alpha value is -2.44. The van der Waals surface area contributed by atoms with E-state index < -0.39 is 0 Å². The molecular formula is C22H22N2O3S. The summed E-state index contributed by atoms with van der Waals surface area (Å²) in [5.41, 5.74) is 2.37. The van der Waals surface area contributed by atoms with E-state index in [1.807, 2.05) is 49.4 Å². The minimum absolute atomic E-state index is 0.0211. The van der Waals surface area contributed by atoms with Crippen LogP contribution in [0.4, 0.5) is 0 Å². The summed E-state index contributed by atoms with van der Waals surface area (Å²) in [6.45, 7) is 3.19. The van der Waals surface area contributed by atoms with E-state index >= 15 is 0 Å². The number of hydrogen-bond donors (Lipinski definition) is 0. The maximum atomic E-state index is 13.1. The van der Waals surface area contributed by atoms with Gasteiger partial charge in [0.05, 0.1) is 29.3 Å². The van der Waals surface area contributed by atoms with Gasteiger partial charge in [0.2, 0.25) is 0 Å². The van der Waals surface area contributed by atoms with Crippen molar-refractivity contribution in [1.29, 1.82) is 0 Å². The number of hydrogen-bond acceptors (Lipinski definition) is 5. The summed E-state index contributed by atoms with van der Waals surface area (Å²) in [5.74, 6) is 0.260. The quantitative estimate of drug-likeness (QED) is 0.361. The molecule has 144 valence electrons. The maximum Gasteiger partial charge on any atom is 0.262 e. The molecule has 0 N–H and O–H groups in total. The number of para-hydroxylation sites is 1. The number of ketones is 1. The van der Waals surface area contributed by atoms with Crippen molar-refractivity contribution in [2.45, 2.75) is 37.6 Å². The number of nitrogens with zero attached hydrogens (tertiary/aromatic N) is 2. The van der Waals surface area contributed by atoms with Crippen LogP contribution in [0.1, 0.15) is 28.8 Å². The zero-order valence-electron chi connectivity index (χ0n) is 15.8. The zero-order chi connectivity index (χ0) is 19.5. The molecule has 0 unspecified atom stereocenters. The highest BCUT2D eigenvalue weighted by molar-refractivity contribution is 7.99. The lowest BCUT2D eigenvalue weighted by molar-refractivity contribution is 0.0937. The number of aryl methyl sites for hydroxylation is 1. The van der Waals surface area contributed by atoms with Gasteiger partial charge in [-0.25, -0.2) is 4.98 Å². The summed E-state index contributed by atoms with van der Waals surface area (Å²) in [6.07, 6.45) is 1.97. The van der Waals surface area contributed by atoms with Crippen LogP contribution in [0, 0.1) is 6.92 Å². The molecule has 0 bridgehead atoms. The highest BCUT2D eigenvalue weighted by atomic mass is 32.2. The molecule has 0 radical (unpaired) electrons. The lowest BCUT2D eigenvalue weighted by Gasteiger charge is -2.16. The molecule has 2 aromatic carbocycles. The Labute approximate surface area is 167 Å². The Morgan fingerprint density at radius 2 is 2.00 bits per heavy atom. The van der Waals surface area contributed by atoms with Gasteiger partial charge in [-0.3, -0.25) is 14.2 Å². The standard InChI is InChI=1S/C22H22N2O3S/c1-15-8-10-16(11-9-15)20(25)14-28-22-23-19-7-3-2-6-18(19)21(26)24(22)13-17-5-4-12-27-17/h2-3,6-11,17H,4-5,12-14H2,1H3/t17-/m1/s1. The number of benzene rings is 2. The summed E-state index contributed by atoms with van der Waals surface area (Å²) >= 11 is 1.31. The minimum Gasteiger partial charge on any atom is -0.376 e. The normalized spacial score (nSPS) is 16.5. The van der Waals surface area contributed by atoms with Gasteiger partial charge < -0.3 is 4.74 Å². The fourth-order valence-corrected chi connectivity index (χ4v) is 4.27. The monoisotopic (exact) mass is 394 g/mol. The lowest BCUT2D eigenvalue weighted by atomic mass is 10.1. The van der Waals surface area contributed by atoms with E-state index in [2.05, 4.69) is 4.98 Å². The first-order chi connectivity index (χ1) is 13.6. The Balaban J connectivity index is 1.63. The largest absolute Gasteiger partial charge is 0.376 e. The van der Waals surface area contributed by atoms with Crippen molar-refractivity contribution in [2.75, 3.05) is 12.4 Å². The Bertz CT molecular complexity index is 1050. The van der Waals surface area contributed by atoms with Gasteiger partial charge in [0.15, 0.2) is 10.9 Å². The molecule has 0 amide bonds. The molecule has 3 aromatic rings. The second-order valence-electron chi connectivity index (χ2n) is 7.04. The number of thioether (sulfide) groups is 1. The van der Waals surface area contributed by atoms with Gasteiger partial charge >= 0.3 is 0 Å². The molecule has 1 aliphatic heterocycles. The van der Waals surface area contributed by atoms with E-state index in [0.29, 0.717) is 28.2 Å². The van der Waals surface area contributed by atoms with E-state index in [9.17, 15) is 9.59 Å². The number of aromatic nitrogens is 2. The molecule has 1 fully saturated rings. The second-order valence-corrected chi connectivity index (χ2v) is 7.98. The van der Waals surface area contributed by atoms with Crippen molar-refractivity contribution in [3.8, 4) is 0 Å². The summed E-state index contributed by atoms with van der Waals surface area (Å²) in [4.78, 5) is 30.3. The molecule has 1 atom stereocenters. The van der Waals surface area contributed by atoms with Crippen LogP contribution in [-0.2, 0) is 11.3 Å². The fourth-order valence-electron chi connectivity index (χ4n) is 3.36. The topological polar surface area (TPSA) is 61.2 Å². The van der Waals surface area contributed by atoms with Gasteiger partial charge in [-0.15, -0.1) is 0 Å². The fraction of sp³-hybridized carbons (Fsp3) is 0.318. The van der Waals surface area contributed by atoms with Crippen LogP contribution >= 0.6 is 11.8 Å². The van der Waals surface area contributed by atoms with Crippen molar-refractivity contribution < 1.29 is 9.53 Å². The highest BCUT2D eigenvalue weighted by Gasteiger charge is 2.20. The number of Topliss-reactive ketones (excluding diaryl/α,β-unsaturated/α-hetero) is 1. The van der Waals surface area contributed by atoms with Gasteiger partial charge in [0.25, 0.3) is 5.56 Å². The van der Waals surface area contributed by atoms with Crippen molar-refractivity contribution in [3.05, 3.63) is 70.0 Å². The summed E-state index contributed by atoms with van der Waals surface area (Å²) in [5, 5.41) is 1.16. The third-order valence-corrected chi connectivity index (χ3v) is 5.92. The Morgan fingerprint density at radius 3 is 2.75 bits per heavy atom. The number of fused-ring (bicyclic) bond motifs is 1. The second kappa shape index (κ2) is 8.29. The van der Waals surface area contributed by atoms with Crippen molar-refractivity contribution in [2.24, 2.45) is 0 Å². The average Bonchev–Trinajstić information content (AvgIpc) is 3.22. The average molecular weight is 394 g/mol. The van der Waals surface area contributed by atoms with Crippen LogP contribution in [0.3, 0.4) is 0 Å². The Kier molecular flexibility index (Phi) is 5.59. The lowest BCUT2D eigenvalue weighted by Crippen LogP contribution is -2.29. The molecule has 1 saturated heterocycles. The van der Waals surface area contributed by atoms with E-state index in [0.717, 1.165) is 25.0 Å². The first kappa shape index (κ1) is 18.9. The van der Waals surface area contributed by atoms with E-state index in [1.165, 1.54) is 11.8 Å². The smallest absolute Gasteiger partial charge is 0.262 e. The van der Waals surface area contributed by atoms with Crippen LogP contribution < -0.4 is 5.56 Å². The summed E-state index contributed by atoms with van der Waals surface area (Å²) < 4.78 is 7.39. The van der Waals surface area contributed by atoms with Crippen LogP contribution in [0.2, 0.25) is 0 Å². The number of carbonyl (C=O) groups is 1. The molecular weight excluding hydrogens is 372 g/mol. The van der Waals surface area contributed by atoms with E-state index in [-0.39, 0.29) is 23.2 Å². The molecule has 1 aromatic heterocycles. The van der Waals surface area contributed by atoms with Crippen LogP contribution in [0.15, 0.2) is 58.5 Å². The molecule has 1 aliphatic rings. The molecule has 0 aliphatic carbocycles. The van der Waals surface area contributed by atoms with Crippen LogP contribution in [0.5, 0.6) is 0 Å². The zero-order valence-corrected chi connectivity index (χ0v) is 16.6. The first-order valence-electron chi connectivity index (χ1n) is 9.45. The third-order valence-electron chi connectivity index (χ3n) is 4.94. The number of carbonyl (C=O) groups excluding carboxylic acids is 1. The van der Waals surface area contributed by atoms with Crippen LogP contribution in [-0.4, -0.2) is 33.8 Å². The highest BCUT2D eigenvalue weighted by Crippen LogP contribution is 2.22. The van der Waals surface area contributed by atoms with E-state index in [4.69, 9.17) is 4.74 Å². The number of rotatable bonds is 6. The third kappa shape index (κ3) is 4.03. The van der Waals surface area contributed by atoms with Crippen molar-refractivity contribution >= 4 is 28.4 Å². The number of ether oxygens (including phenoxy) is 1. The molecule has 2 heterocycles. The van der Waals surface area contributed by atoms with Crippen molar-refractivity contribution in [3.63, 3.8) is 0 Å². The molecule has 28 heavy (non-hydrogen) atoms. The Morgan fingerprint density at radius 1 is 1.21 bits per heavy atom. The predicted octanol–water partition coefficient (Wildman–Crippen LogP) is 3.86. The first-order valence-corrected chi connectivity index (χ1v) is 10.4. The molecule has 0 saturated carbocycles. The minimum atomic E-state index is -0.0774. The molecule has 4 rings (SSSR count). The molecule has 5 nitrogen and oxygen atoms in total. The van der Waals surface area contributed by atoms with Gasteiger partial charge in [-0.2, -0.15) is 0 Å². The van der Waals surface area contributed by atoms with Crippen molar-refractivity contribution in [1.82, 2.24) is 9.55 Å². The van der Waals surface area contributed by atoms with Gasteiger partial charge in [-0.05, 0) is 31.9 Å². The summed E-state index contributed by atoms with van der Waals surface area (Å²) in [6, 6.07) is 14.9. The van der Waals surface area contributed by atoms with Gasteiger partial charge in [-0.1, -0.05) is 53.7 Å². The summed E-state index contributed by atoms with van der Waals surface area (Å²) in [7, 11) is 0. The maximum absolute atomic E-state index is 13.1. The molecule has 0 spiro atoms. The van der Waals surface area contributed by atoms with E-state index in [1.54, 1.807) is 10.6 Å². The SMILES string of the molecule is Cc1ccc(C(=O)CSc2nc3ccccc3c(=O)n2C[C@H]2CCCO2)cc1. The van der Waals surface area contributed by atoms with Gasteiger partial charge in [0.1, 0.15) is 0 Å². The molecule has 6 heteroatoms.